The molecule has 0 bridgehead atoms. The molecular weight excluding hydrogens is 262 g/mol. The number of methoxy groups -OCH3 is 1. The molecule has 0 aliphatic rings. The lowest BCUT2D eigenvalue weighted by atomic mass is 9.97. The first-order valence-corrected chi connectivity index (χ1v) is 7.11. The minimum absolute atomic E-state index is 0.413. The Morgan fingerprint density at radius 2 is 1.81 bits per heavy atom. The summed E-state index contributed by atoms with van der Waals surface area (Å²) in [5, 5.41) is 2.67. The number of hydrogen-bond donors (Lipinski definition) is 1. The Labute approximate surface area is 126 Å². The van der Waals surface area contributed by atoms with Gasteiger partial charge in [-0.1, -0.05) is 62.4 Å². The van der Waals surface area contributed by atoms with Crippen LogP contribution in [0.25, 0.3) is 11.1 Å². The molecule has 1 N–H and O–H groups in total. The lowest BCUT2D eigenvalue weighted by Crippen LogP contribution is -2.22. The molecule has 2 aromatic rings. The molecule has 0 saturated carbocycles. The molecule has 0 spiro atoms. The lowest BCUT2D eigenvalue weighted by molar-refractivity contribution is 0.170. The van der Waals surface area contributed by atoms with Crippen molar-refractivity contribution in [1.82, 2.24) is 5.32 Å². The average molecular weight is 283 g/mol. The Bertz CT molecular complexity index is 603. The Morgan fingerprint density at radius 3 is 2.43 bits per heavy atom. The topological polar surface area (TPSA) is 38.3 Å². The van der Waals surface area contributed by atoms with E-state index in [-0.39, 0.29) is 0 Å². The van der Waals surface area contributed by atoms with Crippen molar-refractivity contribution in [2.45, 2.75) is 26.3 Å². The van der Waals surface area contributed by atoms with Crippen LogP contribution in [0.15, 0.2) is 48.5 Å². The van der Waals surface area contributed by atoms with Crippen molar-refractivity contribution in [2.75, 3.05) is 7.11 Å². The van der Waals surface area contributed by atoms with Gasteiger partial charge >= 0.3 is 6.09 Å². The number of carbonyl (C=O) groups excluding carboxylic acids is 1. The van der Waals surface area contributed by atoms with Crippen molar-refractivity contribution in [3.8, 4) is 11.1 Å². The average Bonchev–Trinajstić information content (AvgIpc) is 2.53. The smallest absolute Gasteiger partial charge is 0.407 e. The van der Waals surface area contributed by atoms with Gasteiger partial charge in [-0.05, 0) is 28.2 Å². The quantitative estimate of drug-likeness (QED) is 0.906. The third-order valence-electron chi connectivity index (χ3n) is 3.46. The summed E-state index contributed by atoms with van der Waals surface area (Å²) in [4.78, 5) is 11.0. The van der Waals surface area contributed by atoms with Gasteiger partial charge < -0.3 is 10.1 Å². The second kappa shape index (κ2) is 6.93. The molecule has 0 aliphatic carbocycles. The maximum absolute atomic E-state index is 11.0. The monoisotopic (exact) mass is 283 g/mol. The summed E-state index contributed by atoms with van der Waals surface area (Å²) >= 11 is 0. The van der Waals surface area contributed by atoms with Crippen LogP contribution in [0.1, 0.15) is 30.9 Å². The second-order valence-corrected chi connectivity index (χ2v) is 5.32. The van der Waals surface area contributed by atoms with Crippen molar-refractivity contribution < 1.29 is 9.53 Å². The van der Waals surface area contributed by atoms with Crippen molar-refractivity contribution in [3.63, 3.8) is 0 Å². The Hall–Kier alpha value is -2.29. The first-order valence-electron chi connectivity index (χ1n) is 7.11. The Kier molecular flexibility index (Phi) is 4.99. The zero-order chi connectivity index (χ0) is 15.2. The summed E-state index contributed by atoms with van der Waals surface area (Å²) in [6, 6.07) is 16.8. The molecule has 0 saturated heterocycles. The predicted octanol–water partition coefficient (Wildman–Crippen LogP) is 4.33. The highest BCUT2D eigenvalue weighted by molar-refractivity contribution is 5.67. The van der Waals surface area contributed by atoms with Gasteiger partial charge in [-0.15, -0.1) is 0 Å². The van der Waals surface area contributed by atoms with Crippen LogP contribution in [0.3, 0.4) is 0 Å². The van der Waals surface area contributed by atoms with E-state index in [4.69, 9.17) is 0 Å². The van der Waals surface area contributed by atoms with Crippen LogP contribution in [0.5, 0.6) is 0 Å². The normalized spacial score (nSPS) is 10.5. The van der Waals surface area contributed by atoms with Gasteiger partial charge in [-0.2, -0.15) is 0 Å². The number of hydrogen-bond acceptors (Lipinski definition) is 2. The van der Waals surface area contributed by atoms with Gasteiger partial charge in [0.25, 0.3) is 0 Å². The Balaban J connectivity index is 2.11. The first-order chi connectivity index (χ1) is 10.1. The highest BCUT2D eigenvalue weighted by Gasteiger charge is 2.03. The van der Waals surface area contributed by atoms with Crippen molar-refractivity contribution >= 4 is 6.09 Å². The van der Waals surface area contributed by atoms with Crippen LogP contribution in [0, 0.1) is 0 Å². The highest BCUT2D eigenvalue weighted by atomic mass is 16.5. The number of amides is 1. The number of rotatable bonds is 4. The van der Waals surface area contributed by atoms with E-state index < -0.39 is 6.09 Å². The van der Waals surface area contributed by atoms with E-state index in [9.17, 15) is 4.79 Å². The maximum Gasteiger partial charge on any atom is 0.407 e. The maximum atomic E-state index is 11.0. The van der Waals surface area contributed by atoms with E-state index in [0.717, 1.165) is 5.56 Å². The summed E-state index contributed by atoms with van der Waals surface area (Å²) in [5.41, 5.74) is 4.78. The van der Waals surface area contributed by atoms with E-state index in [1.165, 1.54) is 23.8 Å². The van der Waals surface area contributed by atoms with Crippen molar-refractivity contribution in [2.24, 2.45) is 0 Å². The molecule has 0 heterocycles. The molecule has 2 rings (SSSR count). The van der Waals surface area contributed by atoms with Crippen LogP contribution in [-0.4, -0.2) is 13.2 Å². The summed E-state index contributed by atoms with van der Waals surface area (Å²) in [5.74, 6) is 0.522. The van der Waals surface area contributed by atoms with E-state index in [0.29, 0.717) is 12.5 Å². The van der Waals surface area contributed by atoms with Crippen molar-refractivity contribution in [3.05, 3.63) is 59.7 Å². The third-order valence-corrected chi connectivity index (χ3v) is 3.46. The molecule has 0 atom stereocenters. The standard InChI is InChI=1S/C18H21NO2/c1-13(2)16-5-4-6-17(11-16)15-9-7-14(8-10-15)12-19-18(20)21-3/h4-11,13H,12H2,1-3H3,(H,19,20). The number of ether oxygens (including phenoxy) is 1. The molecule has 0 aliphatic heterocycles. The van der Waals surface area contributed by atoms with E-state index in [2.05, 4.69) is 60.3 Å². The fourth-order valence-corrected chi connectivity index (χ4v) is 2.14. The van der Waals surface area contributed by atoms with Gasteiger partial charge in [-0.25, -0.2) is 4.79 Å². The number of alkyl carbamates (subject to hydrolysis) is 1. The summed E-state index contributed by atoms with van der Waals surface area (Å²) in [7, 11) is 1.36. The summed E-state index contributed by atoms with van der Waals surface area (Å²) in [6.45, 7) is 4.86. The highest BCUT2D eigenvalue weighted by Crippen LogP contribution is 2.24. The van der Waals surface area contributed by atoms with Crippen LogP contribution < -0.4 is 5.32 Å². The van der Waals surface area contributed by atoms with Gasteiger partial charge in [-0.3, -0.25) is 0 Å². The Morgan fingerprint density at radius 1 is 1.10 bits per heavy atom. The second-order valence-electron chi connectivity index (χ2n) is 5.32. The largest absolute Gasteiger partial charge is 0.453 e. The molecule has 0 radical (unpaired) electrons. The zero-order valence-electron chi connectivity index (χ0n) is 12.7. The van der Waals surface area contributed by atoms with E-state index in [1.54, 1.807) is 0 Å². The molecule has 21 heavy (non-hydrogen) atoms. The van der Waals surface area contributed by atoms with Gasteiger partial charge in [0.05, 0.1) is 7.11 Å². The summed E-state index contributed by atoms with van der Waals surface area (Å²) < 4.78 is 4.55. The van der Waals surface area contributed by atoms with E-state index >= 15 is 0 Å². The molecule has 2 aromatic carbocycles. The van der Waals surface area contributed by atoms with Gasteiger partial charge in [0.15, 0.2) is 0 Å². The molecule has 0 fully saturated rings. The first kappa shape index (κ1) is 15.1. The number of carbonyl (C=O) groups is 1. The fraction of sp³-hybridized carbons (Fsp3) is 0.278. The van der Waals surface area contributed by atoms with Crippen molar-refractivity contribution in [1.29, 1.82) is 0 Å². The number of benzene rings is 2. The molecule has 110 valence electrons. The zero-order valence-corrected chi connectivity index (χ0v) is 12.7. The van der Waals surface area contributed by atoms with E-state index in [1.807, 2.05) is 12.1 Å². The molecule has 3 nitrogen and oxygen atoms in total. The molecule has 0 aromatic heterocycles. The van der Waals surface area contributed by atoms with Gasteiger partial charge in [0.2, 0.25) is 0 Å². The lowest BCUT2D eigenvalue weighted by Gasteiger charge is -2.09. The van der Waals surface area contributed by atoms with Crippen LogP contribution in [0.2, 0.25) is 0 Å². The molecular formula is C18H21NO2. The minimum Gasteiger partial charge on any atom is -0.453 e. The van der Waals surface area contributed by atoms with Crippen LogP contribution >= 0.6 is 0 Å². The molecule has 3 heteroatoms. The van der Waals surface area contributed by atoms with Crippen LogP contribution in [-0.2, 0) is 11.3 Å². The third kappa shape index (κ3) is 4.09. The minimum atomic E-state index is -0.413. The number of nitrogens with one attached hydrogen (secondary N) is 1. The van der Waals surface area contributed by atoms with Crippen LogP contribution in [0.4, 0.5) is 4.79 Å². The molecule has 0 unspecified atom stereocenters. The predicted molar refractivity (Wildman–Crippen MR) is 85.2 cm³/mol. The SMILES string of the molecule is COC(=O)NCc1ccc(-c2cccc(C(C)C)c2)cc1. The van der Waals surface area contributed by atoms with Gasteiger partial charge in [0, 0.05) is 6.54 Å². The summed E-state index contributed by atoms with van der Waals surface area (Å²) in [6.07, 6.45) is -0.413. The fourth-order valence-electron chi connectivity index (χ4n) is 2.14. The molecule has 1 amide bonds. The van der Waals surface area contributed by atoms with Gasteiger partial charge in [0.1, 0.15) is 0 Å².